The lowest BCUT2D eigenvalue weighted by molar-refractivity contribution is -0.385. The highest BCUT2D eigenvalue weighted by Gasteiger charge is 2.17. The molecular weight excluding hydrogens is 248 g/mol. The maximum atomic E-state index is 10.7. The highest BCUT2D eigenvalue weighted by Crippen LogP contribution is 2.27. The molecule has 0 spiro atoms. The standard InChI is InChI=1S/C9H9BrN2O2/c1-2-8(11)7-4-3-6(10)5-9(7)12(13)14/h2-5,8H,1,11H2. The number of nitro groups is 1. The molecule has 0 bridgehead atoms. The smallest absolute Gasteiger partial charge is 0.275 e. The van der Waals surface area contributed by atoms with Gasteiger partial charge >= 0.3 is 0 Å². The summed E-state index contributed by atoms with van der Waals surface area (Å²) >= 11 is 3.16. The predicted molar refractivity (Wildman–Crippen MR) is 57.9 cm³/mol. The van der Waals surface area contributed by atoms with Crippen molar-refractivity contribution in [3.63, 3.8) is 0 Å². The van der Waals surface area contributed by atoms with Crippen molar-refractivity contribution in [3.05, 3.63) is 51.0 Å². The van der Waals surface area contributed by atoms with Crippen molar-refractivity contribution < 1.29 is 4.92 Å². The van der Waals surface area contributed by atoms with Gasteiger partial charge in [-0.3, -0.25) is 10.1 Å². The third-order valence-electron chi connectivity index (χ3n) is 1.80. The summed E-state index contributed by atoms with van der Waals surface area (Å²) in [6.45, 7) is 3.50. The van der Waals surface area contributed by atoms with Crippen LogP contribution in [0.25, 0.3) is 0 Å². The van der Waals surface area contributed by atoms with Crippen molar-refractivity contribution in [2.24, 2.45) is 5.73 Å². The molecule has 1 unspecified atom stereocenters. The van der Waals surface area contributed by atoms with E-state index in [1.807, 2.05) is 0 Å². The van der Waals surface area contributed by atoms with Gasteiger partial charge in [0.1, 0.15) is 0 Å². The Kier molecular flexibility index (Phi) is 3.38. The summed E-state index contributed by atoms with van der Waals surface area (Å²) in [5, 5.41) is 10.7. The number of benzene rings is 1. The van der Waals surface area contributed by atoms with Gasteiger partial charge in [0, 0.05) is 10.5 Å². The maximum absolute atomic E-state index is 10.7. The van der Waals surface area contributed by atoms with E-state index in [0.29, 0.717) is 10.0 Å². The summed E-state index contributed by atoms with van der Waals surface area (Å²) in [6, 6.07) is 4.25. The molecule has 74 valence electrons. The van der Waals surface area contributed by atoms with Crippen LogP contribution in [-0.2, 0) is 0 Å². The second-order valence-electron chi connectivity index (χ2n) is 2.72. The minimum Gasteiger partial charge on any atom is -0.321 e. The topological polar surface area (TPSA) is 69.2 Å². The van der Waals surface area contributed by atoms with E-state index in [1.165, 1.54) is 12.1 Å². The van der Waals surface area contributed by atoms with Crippen molar-refractivity contribution in [3.8, 4) is 0 Å². The molecule has 0 fully saturated rings. The molecule has 0 aromatic heterocycles. The molecule has 14 heavy (non-hydrogen) atoms. The van der Waals surface area contributed by atoms with Crippen molar-refractivity contribution in [2.75, 3.05) is 0 Å². The number of hydrogen-bond donors (Lipinski definition) is 1. The van der Waals surface area contributed by atoms with Crippen LogP contribution in [0.1, 0.15) is 11.6 Å². The quantitative estimate of drug-likeness (QED) is 0.514. The molecule has 0 saturated heterocycles. The molecule has 0 amide bonds. The van der Waals surface area contributed by atoms with E-state index in [4.69, 9.17) is 5.73 Å². The first kappa shape index (κ1) is 10.9. The second-order valence-corrected chi connectivity index (χ2v) is 3.64. The molecule has 0 aliphatic heterocycles. The summed E-state index contributed by atoms with van der Waals surface area (Å²) in [5.41, 5.74) is 6.12. The van der Waals surface area contributed by atoms with Gasteiger partial charge in [-0.1, -0.05) is 22.0 Å². The Balaban J connectivity index is 3.28. The Morgan fingerprint density at radius 1 is 1.64 bits per heavy atom. The Morgan fingerprint density at radius 3 is 2.79 bits per heavy atom. The molecular formula is C9H9BrN2O2. The Hall–Kier alpha value is -1.20. The Morgan fingerprint density at radius 2 is 2.29 bits per heavy atom. The summed E-state index contributed by atoms with van der Waals surface area (Å²) in [7, 11) is 0. The fourth-order valence-corrected chi connectivity index (χ4v) is 1.43. The second kappa shape index (κ2) is 4.34. The number of rotatable bonds is 3. The van der Waals surface area contributed by atoms with E-state index in [-0.39, 0.29) is 5.69 Å². The minimum atomic E-state index is -0.511. The fourth-order valence-electron chi connectivity index (χ4n) is 1.08. The summed E-state index contributed by atoms with van der Waals surface area (Å²) in [6.07, 6.45) is 1.47. The average Bonchev–Trinajstić information content (AvgIpc) is 2.16. The van der Waals surface area contributed by atoms with Gasteiger partial charge in [0.2, 0.25) is 0 Å². The normalized spacial score (nSPS) is 12.1. The molecule has 0 saturated carbocycles. The first-order valence-electron chi connectivity index (χ1n) is 3.88. The minimum absolute atomic E-state index is 0.00627. The third-order valence-corrected chi connectivity index (χ3v) is 2.30. The van der Waals surface area contributed by atoms with Crippen LogP contribution in [0.4, 0.5) is 5.69 Å². The highest BCUT2D eigenvalue weighted by molar-refractivity contribution is 9.10. The molecule has 5 heteroatoms. The first-order valence-corrected chi connectivity index (χ1v) is 4.67. The van der Waals surface area contributed by atoms with E-state index in [9.17, 15) is 10.1 Å². The van der Waals surface area contributed by atoms with E-state index in [2.05, 4.69) is 22.5 Å². The van der Waals surface area contributed by atoms with Gasteiger partial charge in [-0.15, -0.1) is 6.58 Å². The molecule has 0 aliphatic rings. The molecule has 4 nitrogen and oxygen atoms in total. The van der Waals surface area contributed by atoms with Crippen LogP contribution in [-0.4, -0.2) is 4.92 Å². The molecule has 1 atom stereocenters. The summed E-state index contributed by atoms with van der Waals surface area (Å²) in [4.78, 5) is 10.2. The Labute approximate surface area is 89.7 Å². The van der Waals surface area contributed by atoms with Crippen LogP contribution in [0.5, 0.6) is 0 Å². The van der Waals surface area contributed by atoms with Crippen LogP contribution >= 0.6 is 15.9 Å². The SMILES string of the molecule is C=CC(N)c1ccc(Br)cc1[N+](=O)[O-]. The summed E-state index contributed by atoms with van der Waals surface area (Å²) < 4.78 is 0.657. The molecule has 1 aromatic carbocycles. The lowest BCUT2D eigenvalue weighted by Crippen LogP contribution is -2.09. The molecule has 0 radical (unpaired) electrons. The van der Waals surface area contributed by atoms with E-state index in [1.54, 1.807) is 12.1 Å². The van der Waals surface area contributed by atoms with Crippen molar-refractivity contribution >= 4 is 21.6 Å². The van der Waals surface area contributed by atoms with Gasteiger partial charge in [-0.05, 0) is 12.1 Å². The van der Waals surface area contributed by atoms with Gasteiger partial charge in [0.15, 0.2) is 0 Å². The highest BCUT2D eigenvalue weighted by atomic mass is 79.9. The molecule has 2 N–H and O–H groups in total. The van der Waals surface area contributed by atoms with Crippen LogP contribution in [0, 0.1) is 10.1 Å². The van der Waals surface area contributed by atoms with Gasteiger partial charge in [0.05, 0.1) is 16.5 Å². The molecule has 0 aliphatic carbocycles. The van der Waals surface area contributed by atoms with Gasteiger partial charge in [-0.25, -0.2) is 0 Å². The van der Waals surface area contributed by atoms with Gasteiger partial charge < -0.3 is 5.73 Å². The van der Waals surface area contributed by atoms with Gasteiger partial charge in [-0.2, -0.15) is 0 Å². The van der Waals surface area contributed by atoms with Crippen LogP contribution in [0.15, 0.2) is 35.3 Å². The monoisotopic (exact) mass is 256 g/mol. The first-order chi connectivity index (χ1) is 6.56. The largest absolute Gasteiger partial charge is 0.321 e. The number of nitrogens with two attached hydrogens (primary N) is 1. The average molecular weight is 257 g/mol. The number of nitrogens with zero attached hydrogens (tertiary/aromatic N) is 1. The van der Waals surface area contributed by atoms with E-state index >= 15 is 0 Å². The number of halogens is 1. The van der Waals surface area contributed by atoms with Gasteiger partial charge in [0.25, 0.3) is 5.69 Å². The fraction of sp³-hybridized carbons (Fsp3) is 0.111. The zero-order valence-electron chi connectivity index (χ0n) is 7.31. The van der Waals surface area contributed by atoms with E-state index < -0.39 is 11.0 Å². The number of nitro benzene ring substituents is 1. The lowest BCUT2D eigenvalue weighted by atomic mass is 10.1. The lowest BCUT2D eigenvalue weighted by Gasteiger charge is -2.07. The Bertz CT molecular complexity index is 379. The molecule has 0 heterocycles. The third kappa shape index (κ3) is 2.18. The maximum Gasteiger partial charge on any atom is 0.275 e. The zero-order chi connectivity index (χ0) is 10.7. The van der Waals surface area contributed by atoms with Crippen LogP contribution < -0.4 is 5.73 Å². The molecule has 1 rings (SSSR count). The van der Waals surface area contributed by atoms with Crippen molar-refractivity contribution in [1.29, 1.82) is 0 Å². The van der Waals surface area contributed by atoms with Crippen LogP contribution in [0.2, 0.25) is 0 Å². The summed E-state index contributed by atoms with van der Waals surface area (Å²) in [5.74, 6) is 0. The predicted octanol–water partition coefficient (Wildman–Crippen LogP) is 2.54. The van der Waals surface area contributed by atoms with Crippen molar-refractivity contribution in [1.82, 2.24) is 0 Å². The van der Waals surface area contributed by atoms with E-state index in [0.717, 1.165) is 0 Å². The number of hydrogen-bond acceptors (Lipinski definition) is 3. The van der Waals surface area contributed by atoms with Crippen molar-refractivity contribution in [2.45, 2.75) is 6.04 Å². The zero-order valence-corrected chi connectivity index (χ0v) is 8.90. The molecule has 1 aromatic rings. The van der Waals surface area contributed by atoms with Crippen LogP contribution in [0.3, 0.4) is 0 Å².